The Bertz CT molecular complexity index is 769. The Balaban J connectivity index is 1.47. The van der Waals surface area contributed by atoms with Gasteiger partial charge in [0.25, 0.3) is 11.8 Å². The highest BCUT2D eigenvalue weighted by Crippen LogP contribution is 2.23. The zero-order valence-electron chi connectivity index (χ0n) is 16.3. The van der Waals surface area contributed by atoms with Crippen LogP contribution in [0.15, 0.2) is 48.8 Å². The van der Waals surface area contributed by atoms with Crippen LogP contribution < -0.4 is 5.32 Å². The first-order valence-electron chi connectivity index (χ1n) is 9.72. The summed E-state index contributed by atoms with van der Waals surface area (Å²) in [5.74, 6) is 0.569. The standard InChI is InChI=1S/C22H27N3O3/c1-28-15-12-24-21(26)19-4-2-17(3-5-19)16-18-8-13-25(14-9-18)22(27)20-6-10-23-11-7-20/h2-7,10-11,18H,8-9,12-16H2,1H3,(H,24,26). The summed E-state index contributed by atoms with van der Waals surface area (Å²) in [4.78, 5) is 30.4. The van der Waals surface area contributed by atoms with Crippen LogP contribution >= 0.6 is 0 Å². The molecule has 1 aromatic carbocycles. The van der Waals surface area contributed by atoms with Crippen molar-refractivity contribution in [2.45, 2.75) is 19.3 Å². The van der Waals surface area contributed by atoms with Gasteiger partial charge >= 0.3 is 0 Å². The number of pyridine rings is 1. The van der Waals surface area contributed by atoms with Crippen LogP contribution in [0.5, 0.6) is 0 Å². The average molecular weight is 381 g/mol. The number of nitrogens with one attached hydrogen (secondary N) is 1. The number of amides is 2. The monoisotopic (exact) mass is 381 g/mol. The number of aromatic nitrogens is 1. The van der Waals surface area contributed by atoms with Gasteiger partial charge in [-0.1, -0.05) is 12.1 Å². The van der Waals surface area contributed by atoms with E-state index in [1.807, 2.05) is 29.2 Å². The second-order valence-corrected chi connectivity index (χ2v) is 7.12. The van der Waals surface area contributed by atoms with Gasteiger partial charge < -0.3 is 15.0 Å². The van der Waals surface area contributed by atoms with Gasteiger partial charge in [-0.05, 0) is 55.0 Å². The second-order valence-electron chi connectivity index (χ2n) is 7.12. The van der Waals surface area contributed by atoms with Gasteiger partial charge in [0.05, 0.1) is 6.61 Å². The summed E-state index contributed by atoms with van der Waals surface area (Å²) in [7, 11) is 1.61. The van der Waals surface area contributed by atoms with E-state index in [9.17, 15) is 9.59 Å². The minimum absolute atomic E-state index is 0.0773. The number of hydrogen-bond donors (Lipinski definition) is 1. The zero-order chi connectivity index (χ0) is 19.8. The van der Waals surface area contributed by atoms with Gasteiger partial charge in [-0.2, -0.15) is 0 Å². The van der Waals surface area contributed by atoms with Crippen LogP contribution in [0.1, 0.15) is 39.1 Å². The third kappa shape index (κ3) is 5.39. The molecule has 1 aliphatic heterocycles. The molecule has 148 valence electrons. The van der Waals surface area contributed by atoms with Crippen LogP contribution in [-0.2, 0) is 11.2 Å². The fourth-order valence-corrected chi connectivity index (χ4v) is 3.51. The van der Waals surface area contributed by atoms with Crippen molar-refractivity contribution >= 4 is 11.8 Å². The summed E-state index contributed by atoms with van der Waals surface area (Å²) >= 11 is 0. The molecule has 1 aromatic heterocycles. The summed E-state index contributed by atoms with van der Waals surface area (Å²) in [6, 6.07) is 11.3. The molecule has 0 aliphatic carbocycles. The molecule has 1 aliphatic rings. The fraction of sp³-hybridized carbons (Fsp3) is 0.409. The molecule has 0 radical (unpaired) electrons. The molecule has 0 spiro atoms. The maximum Gasteiger partial charge on any atom is 0.253 e. The molecule has 0 unspecified atom stereocenters. The predicted molar refractivity (Wildman–Crippen MR) is 107 cm³/mol. The number of methoxy groups -OCH3 is 1. The molecule has 6 nitrogen and oxygen atoms in total. The highest BCUT2D eigenvalue weighted by molar-refractivity contribution is 5.94. The van der Waals surface area contributed by atoms with Gasteiger partial charge in [0.2, 0.25) is 0 Å². The summed E-state index contributed by atoms with van der Waals surface area (Å²) in [5.41, 5.74) is 2.60. The van der Waals surface area contributed by atoms with Gasteiger partial charge in [0, 0.05) is 50.3 Å². The van der Waals surface area contributed by atoms with Crippen LogP contribution in [0.3, 0.4) is 0 Å². The normalized spacial score (nSPS) is 14.7. The van der Waals surface area contributed by atoms with Gasteiger partial charge in [-0.15, -0.1) is 0 Å². The Morgan fingerprint density at radius 2 is 1.75 bits per heavy atom. The number of ether oxygens (including phenoxy) is 1. The molecule has 0 atom stereocenters. The summed E-state index contributed by atoms with van der Waals surface area (Å²) in [6.45, 7) is 2.58. The lowest BCUT2D eigenvalue weighted by Gasteiger charge is -2.32. The van der Waals surface area contributed by atoms with E-state index < -0.39 is 0 Å². The van der Waals surface area contributed by atoms with Crippen molar-refractivity contribution < 1.29 is 14.3 Å². The largest absolute Gasteiger partial charge is 0.383 e. The number of hydrogen-bond acceptors (Lipinski definition) is 4. The Morgan fingerprint density at radius 1 is 1.07 bits per heavy atom. The number of benzene rings is 1. The molecule has 3 rings (SSSR count). The smallest absolute Gasteiger partial charge is 0.253 e. The van der Waals surface area contributed by atoms with Gasteiger partial charge in [-0.25, -0.2) is 0 Å². The minimum atomic E-state index is -0.0773. The van der Waals surface area contributed by atoms with Crippen molar-refractivity contribution in [3.05, 3.63) is 65.5 Å². The number of carbonyl (C=O) groups is 2. The summed E-state index contributed by atoms with van der Waals surface area (Å²) < 4.78 is 4.94. The van der Waals surface area contributed by atoms with Crippen molar-refractivity contribution in [2.75, 3.05) is 33.4 Å². The van der Waals surface area contributed by atoms with E-state index in [2.05, 4.69) is 10.3 Å². The van der Waals surface area contributed by atoms with Crippen molar-refractivity contribution in [2.24, 2.45) is 5.92 Å². The highest BCUT2D eigenvalue weighted by atomic mass is 16.5. The Labute approximate surface area is 165 Å². The van der Waals surface area contributed by atoms with Crippen molar-refractivity contribution in [3.8, 4) is 0 Å². The maximum atomic E-state index is 12.5. The number of rotatable bonds is 7. The van der Waals surface area contributed by atoms with E-state index in [0.717, 1.165) is 32.4 Å². The van der Waals surface area contributed by atoms with Crippen LogP contribution in [-0.4, -0.2) is 55.0 Å². The van der Waals surface area contributed by atoms with Crippen LogP contribution in [0.25, 0.3) is 0 Å². The van der Waals surface area contributed by atoms with E-state index >= 15 is 0 Å². The second kappa shape index (κ2) is 9.99. The molecule has 1 saturated heterocycles. The van der Waals surface area contributed by atoms with Crippen LogP contribution in [0.2, 0.25) is 0 Å². The number of nitrogens with zero attached hydrogens (tertiary/aromatic N) is 2. The zero-order valence-corrected chi connectivity index (χ0v) is 16.3. The SMILES string of the molecule is COCCNC(=O)c1ccc(CC2CCN(C(=O)c3ccncc3)CC2)cc1. The van der Waals surface area contributed by atoms with Gasteiger partial charge in [-0.3, -0.25) is 14.6 Å². The van der Waals surface area contributed by atoms with Crippen molar-refractivity contribution in [3.63, 3.8) is 0 Å². The average Bonchev–Trinajstić information content (AvgIpc) is 2.75. The maximum absolute atomic E-state index is 12.5. The Hall–Kier alpha value is -2.73. The van der Waals surface area contributed by atoms with E-state index in [-0.39, 0.29) is 11.8 Å². The van der Waals surface area contributed by atoms with Gasteiger partial charge in [0.15, 0.2) is 0 Å². The summed E-state index contributed by atoms with van der Waals surface area (Å²) in [5, 5.41) is 2.82. The topological polar surface area (TPSA) is 71.5 Å². The molecule has 28 heavy (non-hydrogen) atoms. The molecular weight excluding hydrogens is 354 g/mol. The number of likely N-dealkylation sites (tertiary alicyclic amines) is 1. The lowest BCUT2D eigenvalue weighted by molar-refractivity contribution is 0.0690. The lowest BCUT2D eigenvalue weighted by atomic mass is 9.89. The van der Waals surface area contributed by atoms with Crippen molar-refractivity contribution in [1.82, 2.24) is 15.2 Å². The molecule has 2 heterocycles. The summed E-state index contributed by atoms with van der Waals surface area (Å²) in [6.07, 6.45) is 6.28. The molecule has 0 bridgehead atoms. The highest BCUT2D eigenvalue weighted by Gasteiger charge is 2.23. The molecule has 2 aromatic rings. The van der Waals surface area contributed by atoms with E-state index in [1.165, 1.54) is 5.56 Å². The Kier molecular flexibility index (Phi) is 7.14. The third-order valence-corrected chi connectivity index (χ3v) is 5.16. The lowest BCUT2D eigenvalue weighted by Crippen LogP contribution is -2.38. The van der Waals surface area contributed by atoms with Gasteiger partial charge in [0.1, 0.15) is 0 Å². The third-order valence-electron chi connectivity index (χ3n) is 5.16. The molecule has 1 fully saturated rings. The van der Waals surface area contributed by atoms with Crippen molar-refractivity contribution in [1.29, 1.82) is 0 Å². The predicted octanol–water partition coefficient (Wildman–Crippen LogP) is 2.55. The van der Waals surface area contributed by atoms with E-state index in [1.54, 1.807) is 31.6 Å². The molecule has 6 heteroatoms. The fourth-order valence-electron chi connectivity index (χ4n) is 3.51. The molecule has 0 saturated carbocycles. The molecular formula is C22H27N3O3. The number of carbonyl (C=O) groups excluding carboxylic acids is 2. The first kappa shape index (κ1) is 20.0. The van der Waals surface area contributed by atoms with E-state index in [4.69, 9.17) is 4.74 Å². The van der Waals surface area contributed by atoms with Crippen LogP contribution in [0.4, 0.5) is 0 Å². The minimum Gasteiger partial charge on any atom is -0.383 e. The first-order chi connectivity index (χ1) is 13.7. The number of piperidine rings is 1. The molecule has 2 amide bonds. The van der Waals surface area contributed by atoms with Crippen LogP contribution in [0, 0.1) is 5.92 Å². The quantitative estimate of drug-likeness (QED) is 0.748. The molecule has 1 N–H and O–H groups in total. The van der Waals surface area contributed by atoms with E-state index in [0.29, 0.717) is 30.2 Å². The first-order valence-corrected chi connectivity index (χ1v) is 9.72. The Morgan fingerprint density at radius 3 is 2.39 bits per heavy atom.